The summed E-state index contributed by atoms with van der Waals surface area (Å²) in [7, 11) is 1.65. The van der Waals surface area contributed by atoms with Crippen molar-refractivity contribution in [1.29, 1.82) is 0 Å². The fourth-order valence-electron chi connectivity index (χ4n) is 1.72. The molecule has 1 rings (SSSR count). The molecule has 0 saturated carbocycles. The number of aromatic nitrogens is 2. The van der Waals surface area contributed by atoms with Gasteiger partial charge in [0, 0.05) is 39.4 Å². The van der Waals surface area contributed by atoms with E-state index in [1.54, 1.807) is 13.2 Å². The number of amides is 1. The molecule has 1 aromatic rings. The van der Waals surface area contributed by atoms with Crippen molar-refractivity contribution in [1.82, 2.24) is 14.7 Å². The van der Waals surface area contributed by atoms with E-state index in [1.807, 2.05) is 20.8 Å². The molecule has 2 N–H and O–H groups in total. The summed E-state index contributed by atoms with van der Waals surface area (Å²) in [6.45, 7) is 6.75. The van der Waals surface area contributed by atoms with Crippen LogP contribution in [-0.4, -0.2) is 58.2 Å². The molecule has 0 fully saturated rings. The fourth-order valence-corrected chi connectivity index (χ4v) is 1.72. The van der Waals surface area contributed by atoms with Crippen LogP contribution in [0.15, 0.2) is 17.1 Å². The molecule has 0 aliphatic rings. The van der Waals surface area contributed by atoms with E-state index in [1.165, 1.54) is 15.6 Å². The van der Waals surface area contributed by atoms with Crippen LogP contribution in [0.25, 0.3) is 0 Å². The first-order valence-electron chi connectivity index (χ1n) is 7.59. The van der Waals surface area contributed by atoms with Crippen LogP contribution in [0.2, 0.25) is 0 Å². The van der Waals surface area contributed by atoms with Gasteiger partial charge < -0.3 is 20.1 Å². The van der Waals surface area contributed by atoms with Gasteiger partial charge in [-0.25, -0.2) is 9.48 Å². The third-order valence-corrected chi connectivity index (χ3v) is 2.88. The van der Waals surface area contributed by atoms with Crippen LogP contribution in [0, 0.1) is 0 Å². The number of hydrogen-bond acceptors (Lipinski definition) is 6. The van der Waals surface area contributed by atoms with Crippen LogP contribution < -0.4 is 10.9 Å². The van der Waals surface area contributed by atoms with E-state index in [2.05, 4.69) is 10.4 Å². The number of nitrogens with zero attached hydrogens (tertiary/aromatic N) is 3. The molecule has 0 bridgehead atoms. The molecule has 8 heteroatoms. The fraction of sp³-hybridized carbons (Fsp3) is 0.667. The Hall–Kier alpha value is -2.09. The molecule has 0 aliphatic heterocycles. The summed E-state index contributed by atoms with van der Waals surface area (Å²) in [5, 5.41) is 15.8. The van der Waals surface area contributed by atoms with E-state index in [0.29, 0.717) is 31.7 Å². The largest absolute Gasteiger partial charge is 0.444 e. The van der Waals surface area contributed by atoms with E-state index in [4.69, 9.17) is 9.84 Å². The Morgan fingerprint density at radius 1 is 1.48 bits per heavy atom. The van der Waals surface area contributed by atoms with Gasteiger partial charge in [-0.05, 0) is 27.2 Å². The van der Waals surface area contributed by atoms with Crippen molar-refractivity contribution < 1.29 is 14.6 Å². The monoisotopic (exact) mass is 326 g/mol. The van der Waals surface area contributed by atoms with Gasteiger partial charge in [-0.2, -0.15) is 5.10 Å². The maximum atomic E-state index is 11.8. The number of ether oxygens (including phenoxy) is 1. The normalized spacial score (nSPS) is 11.2. The number of rotatable bonds is 7. The summed E-state index contributed by atoms with van der Waals surface area (Å²) in [5.74, 6) is 0. The molecular weight excluding hydrogens is 300 g/mol. The standard InChI is InChI=1S/C15H26N4O4/c1-15(2,3)23-14(22)18(4)8-6-16-12-10-13(21)19(17-11-12)7-5-9-20/h10-11,16,20H,5-9H2,1-4H3. The van der Waals surface area contributed by atoms with Gasteiger partial charge in [-0.3, -0.25) is 4.79 Å². The number of aliphatic hydroxyl groups is 1. The first-order chi connectivity index (χ1) is 10.7. The second-order valence-corrected chi connectivity index (χ2v) is 6.21. The lowest BCUT2D eigenvalue weighted by molar-refractivity contribution is 0.0305. The SMILES string of the molecule is CN(CCNc1cnn(CCCO)c(=O)c1)C(=O)OC(C)(C)C. The highest BCUT2D eigenvalue weighted by atomic mass is 16.6. The molecule has 8 nitrogen and oxygen atoms in total. The van der Waals surface area contributed by atoms with Crippen LogP contribution >= 0.6 is 0 Å². The third kappa shape index (κ3) is 7.14. The number of hydrogen-bond donors (Lipinski definition) is 2. The van der Waals surface area contributed by atoms with Crippen molar-refractivity contribution in [2.24, 2.45) is 0 Å². The number of carbonyl (C=O) groups is 1. The van der Waals surface area contributed by atoms with Crippen LogP contribution in [0.5, 0.6) is 0 Å². The molecule has 0 saturated heterocycles. The number of nitrogens with one attached hydrogen (secondary N) is 1. The number of aliphatic hydroxyl groups excluding tert-OH is 1. The second-order valence-electron chi connectivity index (χ2n) is 6.21. The van der Waals surface area contributed by atoms with Crippen molar-refractivity contribution in [2.75, 3.05) is 32.1 Å². The Kier molecular flexibility index (Phi) is 7.02. The minimum absolute atomic E-state index is 0.0190. The second kappa shape index (κ2) is 8.52. The molecule has 0 aromatic carbocycles. The van der Waals surface area contributed by atoms with Crippen LogP contribution in [0.1, 0.15) is 27.2 Å². The maximum Gasteiger partial charge on any atom is 0.410 e. The van der Waals surface area contributed by atoms with E-state index in [9.17, 15) is 9.59 Å². The zero-order valence-corrected chi connectivity index (χ0v) is 14.2. The summed E-state index contributed by atoms with van der Waals surface area (Å²) in [4.78, 5) is 25.1. The van der Waals surface area contributed by atoms with E-state index in [0.717, 1.165) is 0 Å². The highest BCUT2D eigenvalue weighted by molar-refractivity contribution is 5.67. The highest BCUT2D eigenvalue weighted by Gasteiger charge is 2.19. The van der Waals surface area contributed by atoms with Crippen molar-refractivity contribution in [2.45, 2.75) is 39.3 Å². The van der Waals surface area contributed by atoms with Gasteiger partial charge in [0.25, 0.3) is 5.56 Å². The first-order valence-corrected chi connectivity index (χ1v) is 7.59. The molecular formula is C15H26N4O4. The van der Waals surface area contributed by atoms with Gasteiger partial charge in [-0.1, -0.05) is 0 Å². The zero-order chi connectivity index (χ0) is 17.5. The van der Waals surface area contributed by atoms with E-state index < -0.39 is 11.7 Å². The average molecular weight is 326 g/mol. The predicted octanol–water partition coefficient (Wildman–Crippen LogP) is 0.904. The summed E-state index contributed by atoms with van der Waals surface area (Å²) < 4.78 is 6.55. The minimum atomic E-state index is -0.526. The summed E-state index contributed by atoms with van der Waals surface area (Å²) in [5.41, 5.74) is -0.168. The topological polar surface area (TPSA) is 96.7 Å². The van der Waals surface area contributed by atoms with Crippen molar-refractivity contribution in [3.63, 3.8) is 0 Å². The van der Waals surface area contributed by atoms with Crippen molar-refractivity contribution in [3.8, 4) is 0 Å². The average Bonchev–Trinajstić information content (AvgIpc) is 2.44. The Morgan fingerprint density at radius 3 is 2.74 bits per heavy atom. The molecule has 23 heavy (non-hydrogen) atoms. The molecule has 1 aromatic heterocycles. The van der Waals surface area contributed by atoms with E-state index >= 15 is 0 Å². The molecule has 0 atom stereocenters. The number of likely N-dealkylation sites (N-methyl/N-ethyl adjacent to an activating group) is 1. The summed E-state index contributed by atoms with van der Waals surface area (Å²) in [6.07, 6.45) is 1.64. The predicted molar refractivity (Wildman–Crippen MR) is 87.6 cm³/mol. The quantitative estimate of drug-likeness (QED) is 0.773. The first kappa shape index (κ1) is 19.0. The summed E-state index contributed by atoms with van der Waals surface area (Å²) >= 11 is 0. The minimum Gasteiger partial charge on any atom is -0.444 e. The van der Waals surface area contributed by atoms with Gasteiger partial charge in [0.15, 0.2) is 0 Å². The van der Waals surface area contributed by atoms with Gasteiger partial charge in [0.1, 0.15) is 5.60 Å². The number of anilines is 1. The molecule has 0 aliphatic carbocycles. The third-order valence-electron chi connectivity index (χ3n) is 2.88. The van der Waals surface area contributed by atoms with Crippen LogP contribution in [0.3, 0.4) is 0 Å². The smallest absolute Gasteiger partial charge is 0.410 e. The number of aryl methyl sites for hydroxylation is 1. The molecule has 1 amide bonds. The molecule has 1 heterocycles. The lowest BCUT2D eigenvalue weighted by Crippen LogP contribution is -2.36. The molecule has 0 unspecified atom stereocenters. The molecule has 0 radical (unpaired) electrons. The van der Waals surface area contributed by atoms with E-state index in [-0.39, 0.29) is 12.2 Å². The Bertz CT molecular complexity index is 565. The highest BCUT2D eigenvalue weighted by Crippen LogP contribution is 2.09. The van der Waals surface area contributed by atoms with Crippen LogP contribution in [0.4, 0.5) is 10.5 Å². The summed E-state index contributed by atoms with van der Waals surface area (Å²) in [6, 6.07) is 1.44. The van der Waals surface area contributed by atoms with Gasteiger partial charge >= 0.3 is 6.09 Å². The van der Waals surface area contributed by atoms with Gasteiger partial charge in [-0.15, -0.1) is 0 Å². The maximum absolute atomic E-state index is 11.8. The van der Waals surface area contributed by atoms with Gasteiger partial charge in [0.05, 0.1) is 11.9 Å². The Balaban J connectivity index is 2.45. The molecule has 130 valence electrons. The Labute approximate surface area is 136 Å². The number of carbonyl (C=O) groups excluding carboxylic acids is 1. The molecule has 0 spiro atoms. The lowest BCUT2D eigenvalue weighted by Gasteiger charge is -2.24. The van der Waals surface area contributed by atoms with Gasteiger partial charge in [0.2, 0.25) is 0 Å². The van der Waals surface area contributed by atoms with Crippen molar-refractivity contribution >= 4 is 11.8 Å². The van der Waals surface area contributed by atoms with Crippen molar-refractivity contribution in [3.05, 3.63) is 22.6 Å². The zero-order valence-electron chi connectivity index (χ0n) is 14.2. The lowest BCUT2D eigenvalue weighted by atomic mass is 10.2. The Morgan fingerprint density at radius 2 is 2.17 bits per heavy atom. The van der Waals surface area contributed by atoms with Crippen LogP contribution in [-0.2, 0) is 11.3 Å².